The fourth-order valence-electron chi connectivity index (χ4n) is 1.90. The molecule has 1 rings (SSSR count). The molecule has 0 aromatic heterocycles. The van der Waals surface area contributed by atoms with Crippen LogP contribution in [0.2, 0.25) is 0 Å². The van der Waals surface area contributed by atoms with Gasteiger partial charge in [-0.05, 0) is 37.1 Å². The van der Waals surface area contributed by atoms with Crippen molar-refractivity contribution in [2.45, 2.75) is 45.5 Å². The zero-order valence-corrected chi connectivity index (χ0v) is 11.3. The monoisotopic (exact) mass is 275 g/mol. The van der Waals surface area contributed by atoms with Gasteiger partial charge < -0.3 is 10.1 Å². The molecule has 2 nitrogen and oxygen atoms in total. The molecule has 1 unspecified atom stereocenters. The van der Waals surface area contributed by atoms with Crippen LogP contribution in [0.4, 0.5) is 13.2 Å². The van der Waals surface area contributed by atoms with Gasteiger partial charge in [-0.25, -0.2) is 0 Å². The quantitative estimate of drug-likeness (QED) is 0.795. The van der Waals surface area contributed by atoms with Crippen molar-refractivity contribution in [2.24, 2.45) is 0 Å². The van der Waals surface area contributed by atoms with E-state index in [1.165, 1.54) is 12.1 Å². The molecule has 0 fully saturated rings. The SMILES string of the molecule is CCCNC(CCC)c1ccc(OC(F)(F)F)cc1. The van der Waals surface area contributed by atoms with Gasteiger partial charge in [-0.2, -0.15) is 0 Å². The Balaban J connectivity index is 2.71. The van der Waals surface area contributed by atoms with E-state index in [0.29, 0.717) is 0 Å². The topological polar surface area (TPSA) is 21.3 Å². The number of hydrogen-bond acceptors (Lipinski definition) is 2. The second-order valence-electron chi connectivity index (χ2n) is 4.41. The van der Waals surface area contributed by atoms with Gasteiger partial charge in [0.2, 0.25) is 0 Å². The molecule has 5 heteroatoms. The van der Waals surface area contributed by atoms with Crippen molar-refractivity contribution >= 4 is 0 Å². The Bertz CT molecular complexity index is 362. The predicted octanol–water partition coefficient (Wildman–Crippen LogP) is 4.43. The van der Waals surface area contributed by atoms with Crippen LogP contribution in [0.3, 0.4) is 0 Å². The highest BCUT2D eigenvalue weighted by Gasteiger charge is 2.31. The molecule has 108 valence electrons. The lowest BCUT2D eigenvalue weighted by atomic mass is 10.0. The standard InChI is InChI=1S/C14H20F3NO/c1-3-5-13(18-10-4-2)11-6-8-12(9-7-11)19-14(15,16)17/h6-9,13,18H,3-5,10H2,1-2H3. The molecule has 0 bridgehead atoms. The van der Waals surface area contributed by atoms with Crippen LogP contribution >= 0.6 is 0 Å². The van der Waals surface area contributed by atoms with Crippen LogP contribution in [0.15, 0.2) is 24.3 Å². The van der Waals surface area contributed by atoms with Crippen LogP contribution in [-0.2, 0) is 0 Å². The zero-order chi connectivity index (χ0) is 14.3. The first-order valence-electron chi connectivity index (χ1n) is 6.55. The molecule has 1 aromatic carbocycles. The number of alkyl halides is 3. The average Bonchev–Trinajstić information content (AvgIpc) is 2.34. The van der Waals surface area contributed by atoms with E-state index in [0.717, 1.165) is 31.4 Å². The minimum Gasteiger partial charge on any atom is -0.406 e. The fraction of sp³-hybridized carbons (Fsp3) is 0.571. The molecule has 0 saturated heterocycles. The Hall–Kier alpha value is -1.23. The summed E-state index contributed by atoms with van der Waals surface area (Å²) in [5, 5.41) is 3.39. The summed E-state index contributed by atoms with van der Waals surface area (Å²) in [5.74, 6) is -0.179. The third-order valence-electron chi connectivity index (χ3n) is 2.73. The van der Waals surface area contributed by atoms with Crippen LogP contribution in [-0.4, -0.2) is 12.9 Å². The molecule has 0 aliphatic rings. The molecule has 1 N–H and O–H groups in total. The molecule has 0 radical (unpaired) electrons. The Kier molecular flexibility index (Phi) is 6.15. The lowest BCUT2D eigenvalue weighted by molar-refractivity contribution is -0.274. The second kappa shape index (κ2) is 7.38. The zero-order valence-electron chi connectivity index (χ0n) is 11.3. The largest absolute Gasteiger partial charge is 0.573 e. The van der Waals surface area contributed by atoms with Gasteiger partial charge in [0, 0.05) is 6.04 Å². The third-order valence-corrected chi connectivity index (χ3v) is 2.73. The molecule has 0 heterocycles. The molecule has 0 aliphatic heterocycles. The van der Waals surface area contributed by atoms with Gasteiger partial charge in [-0.15, -0.1) is 13.2 Å². The van der Waals surface area contributed by atoms with Crippen molar-refractivity contribution in [1.29, 1.82) is 0 Å². The molecule has 0 amide bonds. The van der Waals surface area contributed by atoms with Crippen LogP contribution < -0.4 is 10.1 Å². The second-order valence-corrected chi connectivity index (χ2v) is 4.41. The van der Waals surface area contributed by atoms with Crippen LogP contribution in [0.5, 0.6) is 5.75 Å². The number of benzene rings is 1. The molecule has 1 atom stereocenters. The van der Waals surface area contributed by atoms with Crippen molar-refractivity contribution < 1.29 is 17.9 Å². The summed E-state index contributed by atoms with van der Waals surface area (Å²) in [4.78, 5) is 0. The first kappa shape index (κ1) is 15.8. The Labute approximate surface area is 112 Å². The predicted molar refractivity (Wildman–Crippen MR) is 69.1 cm³/mol. The Morgan fingerprint density at radius 1 is 1.11 bits per heavy atom. The fourth-order valence-corrected chi connectivity index (χ4v) is 1.90. The number of nitrogens with one attached hydrogen (secondary N) is 1. The number of rotatable bonds is 7. The van der Waals surface area contributed by atoms with Gasteiger partial charge in [0.15, 0.2) is 0 Å². The lowest BCUT2D eigenvalue weighted by Crippen LogP contribution is -2.22. The maximum Gasteiger partial charge on any atom is 0.573 e. The summed E-state index contributed by atoms with van der Waals surface area (Å²) < 4.78 is 40.0. The van der Waals surface area contributed by atoms with E-state index in [1.807, 2.05) is 0 Å². The highest BCUT2D eigenvalue weighted by atomic mass is 19.4. The first-order chi connectivity index (χ1) is 8.96. The van der Waals surface area contributed by atoms with Gasteiger partial charge in [-0.3, -0.25) is 0 Å². The van der Waals surface area contributed by atoms with Gasteiger partial charge in [0.1, 0.15) is 5.75 Å². The van der Waals surface area contributed by atoms with Crippen LogP contribution in [0.1, 0.15) is 44.7 Å². The van der Waals surface area contributed by atoms with Crippen molar-refractivity contribution in [2.75, 3.05) is 6.54 Å². The van der Waals surface area contributed by atoms with Crippen molar-refractivity contribution in [3.05, 3.63) is 29.8 Å². The van der Waals surface area contributed by atoms with Gasteiger partial charge in [-0.1, -0.05) is 32.4 Å². The van der Waals surface area contributed by atoms with E-state index in [9.17, 15) is 13.2 Å². The van der Waals surface area contributed by atoms with Crippen LogP contribution in [0.25, 0.3) is 0 Å². The summed E-state index contributed by atoms with van der Waals surface area (Å²) in [6, 6.07) is 6.27. The summed E-state index contributed by atoms with van der Waals surface area (Å²) in [6.07, 6.45) is -1.64. The summed E-state index contributed by atoms with van der Waals surface area (Å²) in [7, 11) is 0. The average molecular weight is 275 g/mol. The smallest absolute Gasteiger partial charge is 0.406 e. The lowest BCUT2D eigenvalue weighted by Gasteiger charge is -2.18. The maximum absolute atomic E-state index is 12.1. The van der Waals surface area contributed by atoms with E-state index in [4.69, 9.17) is 0 Å². The molecule has 0 spiro atoms. The number of ether oxygens (including phenoxy) is 1. The number of hydrogen-bond donors (Lipinski definition) is 1. The first-order valence-corrected chi connectivity index (χ1v) is 6.55. The summed E-state index contributed by atoms with van der Waals surface area (Å²) in [5.41, 5.74) is 0.991. The van der Waals surface area contributed by atoms with Gasteiger partial charge in [0.05, 0.1) is 0 Å². The normalized spacial score (nSPS) is 13.3. The molecular weight excluding hydrogens is 255 g/mol. The van der Waals surface area contributed by atoms with Crippen LogP contribution in [0, 0.1) is 0 Å². The molecule has 1 aromatic rings. The van der Waals surface area contributed by atoms with Crippen molar-refractivity contribution in [1.82, 2.24) is 5.32 Å². The highest BCUT2D eigenvalue weighted by Crippen LogP contribution is 2.25. The number of halogens is 3. The van der Waals surface area contributed by atoms with E-state index < -0.39 is 6.36 Å². The van der Waals surface area contributed by atoms with E-state index in [2.05, 4.69) is 23.9 Å². The Morgan fingerprint density at radius 2 is 1.74 bits per heavy atom. The molecule has 19 heavy (non-hydrogen) atoms. The van der Waals surface area contributed by atoms with Gasteiger partial charge >= 0.3 is 6.36 Å². The molecule has 0 saturated carbocycles. The van der Waals surface area contributed by atoms with E-state index in [-0.39, 0.29) is 11.8 Å². The Morgan fingerprint density at radius 3 is 2.21 bits per heavy atom. The van der Waals surface area contributed by atoms with Crippen molar-refractivity contribution in [3.8, 4) is 5.75 Å². The van der Waals surface area contributed by atoms with E-state index in [1.54, 1.807) is 12.1 Å². The molecule has 0 aliphatic carbocycles. The van der Waals surface area contributed by atoms with E-state index >= 15 is 0 Å². The maximum atomic E-state index is 12.1. The minimum absolute atomic E-state index is 0.179. The minimum atomic E-state index is -4.63. The third kappa shape index (κ3) is 5.96. The molecular formula is C14H20F3NO. The van der Waals surface area contributed by atoms with Gasteiger partial charge in [0.25, 0.3) is 0 Å². The summed E-state index contributed by atoms with van der Waals surface area (Å²) >= 11 is 0. The highest BCUT2D eigenvalue weighted by molar-refractivity contribution is 5.29. The summed E-state index contributed by atoms with van der Waals surface area (Å²) in [6.45, 7) is 5.06. The van der Waals surface area contributed by atoms with Crippen molar-refractivity contribution in [3.63, 3.8) is 0 Å².